The summed E-state index contributed by atoms with van der Waals surface area (Å²) in [5.41, 5.74) is 3.59. The summed E-state index contributed by atoms with van der Waals surface area (Å²) in [6.45, 7) is 13.0. The van der Waals surface area contributed by atoms with E-state index in [2.05, 4.69) is 76.8 Å². The Balaban J connectivity index is 1.34. The lowest BCUT2D eigenvalue weighted by Crippen LogP contribution is -2.61. The van der Waals surface area contributed by atoms with E-state index >= 15 is 0 Å². The van der Waals surface area contributed by atoms with Crippen molar-refractivity contribution in [1.29, 1.82) is 0 Å². The number of carbonyl (C=O) groups excluding carboxylic acids is 2. The van der Waals surface area contributed by atoms with Gasteiger partial charge in [0.2, 0.25) is 0 Å². The molecule has 210 valence electrons. The zero-order chi connectivity index (χ0) is 28.8. The lowest BCUT2D eigenvalue weighted by molar-refractivity contribution is -0.139. The molecular formula is C30H37N6O3P. The molecule has 0 radical (unpaired) electrons. The van der Waals surface area contributed by atoms with E-state index in [-0.39, 0.29) is 23.7 Å². The number of amides is 1. The summed E-state index contributed by atoms with van der Waals surface area (Å²) in [6, 6.07) is 10.2. The number of nitrogens with zero attached hydrogens (tertiary/aromatic N) is 6. The second kappa shape index (κ2) is 10.4. The van der Waals surface area contributed by atoms with Crippen molar-refractivity contribution in [3.05, 3.63) is 65.2 Å². The van der Waals surface area contributed by atoms with Crippen LogP contribution < -0.4 is 15.1 Å². The Morgan fingerprint density at radius 2 is 1.80 bits per heavy atom. The summed E-state index contributed by atoms with van der Waals surface area (Å²) in [5.74, 6) is 1.22. The number of ether oxygens (including phenoxy) is 1. The number of methoxy groups -OCH3 is 1. The van der Waals surface area contributed by atoms with Crippen LogP contribution in [0.1, 0.15) is 55.0 Å². The van der Waals surface area contributed by atoms with Gasteiger partial charge in [0.05, 0.1) is 31.0 Å². The summed E-state index contributed by atoms with van der Waals surface area (Å²) in [4.78, 5) is 45.9. The number of anilines is 3. The van der Waals surface area contributed by atoms with Gasteiger partial charge in [-0.2, -0.15) is 0 Å². The van der Waals surface area contributed by atoms with Crippen LogP contribution in [0.2, 0.25) is 0 Å². The Morgan fingerprint density at radius 1 is 1.02 bits per heavy atom. The van der Waals surface area contributed by atoms with Crippen molar-refractivity contribution in [3.8, 4) is 0 Å². The molecule has 0 aliphatic carbocycles. The Morgan fingerprint density at radius 3 is 2.45 bits per heavy atom. The fraction of sp³-hybridized carbons (Fsp3) is 0.433. The van der Waals surface area contributed by atoms with Crippen molar-refractivity contribution >= 4 is 43.7 Å². The van der Waals surface area contributed by atoms with E-state index in [0.717, 1.165) is 40.4 Å². The predicted octanol–water partition coefficient (Wildman–Crippen LogP) is 3.57. The number of pyridine rings is 1. The highest BCUT2D eigenvalue weighted by Gasteiger charge is 2.42. The summed E-state index contributed by atoms with van der Waals surface area (Å²) >= 11 is 0. The number of rotatable bonds is 5. The Bertz CT molecular complexity index is 1460. The van der Waals surface area contributed by atoms with Gasteiger partial charge in [-0.25, -0.2) is 15.0 Å². The van der Waals surface area contributed by atoms with Gasteiger partial charge in [0.25, 0.3) is 5.91 Å². The molecule has 2 aromatic heterocycles. The van der Waals surface area contributed by atoms with Gasteiger partial charge in [-0.05, 0) is 55.4 Å². The molecule has 9 nitrogen and oxygen atoms in total. The lowest BCUT2D eigenvalue weighted by Gasteiger charge is -2.47. The van der Waals surface area contributed by atoms with E-state index in [1.807, 2.05) is 17.0 Å². The third-order valence-electron chi connectivity index (χ3n) is 7.85. The van der Waals surface area contributed by atoms with E-state index < -0.39 is 5.54 Å². The molecule has 1 aromatic carbocycles. The van der Waals surface area contributed by atoms with Gasteiger partial charge < -0.3 is 19.4 Å². The molecule has 2 aliphatic rings. The number of fused-ring (bicyclic) bond motifs is 1. The van der Waals surface area contributed by atoms with Crippen LogP contribution in [-0.4, -0.2) is 70.6 Å². The van der Waals surface area contributed by atoms with E-state index in [1.54, 1.807) is 12.4 Å². The monoisotopic (exact) mass is 560 g/mol. The quantitative estimate of drug-likeness (QED) is 0.346. The van der Waals surface area contributed by atoms with Crippen molar-refractivity contribution in [2.75, 3.05) is 43.1 Å². The van der Waals surface area contributed by atoms with Crippen LogP contribution in [0, 0.1) is 6.92 Å². The minimum atomic E-state index is -0.457. The lowest BCUT2D eigenvalue weighted by atomic mass is 9.92. The molecular weight excluding hydrogens is 523 g/mol. The van der Waals surface area contributed by atoms with Crippen LogP contribution in [0.25, 0.3) is 0 Å². The predicted molar refractivity (Wildman–Crippen MR) is 160 cm³/mol. The zero-order valence-electron chi connectivity index (χ0n) is 24.1. The largest absolute Gasteiger partial charge is 0.469 e. The van der Waals surface area contributed by atoms with E-state index in [1.165, 1.54) is 12.7 Å². The number of esters is 1. The van der Waals surface area contributed by atoms with Gasteiger partial charge in [0.15, 0.2) is 5.82 Å². The van der Waals surface area contributed by atoms with Gasteiger partial charge in [0.1, 0.15) is 11.5 Å². The Hall–Kier alpha value is -3.58. The molecule has 1 fully saturated rings. The number of benzene rings is 1. The molecule has 5 rings (SSSR count). The van der Waals surface area contributed by atoms with E-state index in [9.17, 15) is 9.59 Å². The summed E-state index contributed by atoms with van der Waals surface area (Å²) in [7, 11) is 4.17. The van der Waals surface area contributed by atoms with Crippen LogP contribution in [-0.2, 0) is 21.4 Å². The Kier molecular flexibility index (Phi) is 7.29. The standard InChI is InChI=1S/C30H37N6O3P/c1-19-7-9-21(14-23(19)40)35-17-29(2,3)26-27(35)32-16-22(33-26)28(38)36-12-11-34(18-30(36,4)5)24-10-8-20(15-31-24)13-25(37)39-6/h7-10,14-16H,11-13,17-18,40H2,1-6H3. The number of piperazine rings is 1. The van der Waals surface area contributed by atoms with Crippen molar-refractivity contribution in [1.82, 2.24) is 19.9 Å². The highest BCUT2D eigenvalue weighted by atomic mass is 31.0. The molecule has 1 unspecified atom stereocenters. The number of aromatic nitrogens is 3. The van der Waals surface area contributed by atoms with Gasteiger partial charge in [-0.1, -0.05) is 26.0 Å². The third kappa shape index (κ3) is 5.27. The third-order valence-corrected chi connectivity index (χ3v) is 8.48. The normalized spacial score (nSPS) is 17.5. The number of hydrogen-bond acceptors (Lipinski definition) is 8. The summed E-state index contributed by atoms with van der Waals surface area (Å²) in [5, 5.41) is 1.15. The molecule has 10 heteroatoms. The zero-order valence-corrected chi connectivity index (χ0v) is 25.2. The van der Waals surface area contributed by atoms with Crippen LogP contribution >= 0.6 is 9.24 Å². The van der Waals surface area contributed by atoms with Gasteiger partial charge in [0, 0.05) is 43.5 Å². The molecule has 40 heavy (non-hydrogen) atoms. The van der Waals surface area contributed by atoms with Gasteiger partial charge >= 0.3 is 5.97 Å². The minimum Gasteiger partial charge on any atom is -0.469 e. The fourth-order valence-electron chi connectivity index (χ4n) is 5.50. The fourth-order valence-corrected chi connectivity index (χ4v) is 5.77. The first-order chi connectivity index (χ1) is 18.9. The number of aryl methyl sites for hydroxylation is 1. The molecule has 1 amide bonds. The van der Waals surface area contributed by atoms with Crippen LogP contribution in [0.4, 0.5) is 17.3 Å². The van der Waals surface area contributed by atoms with Crippen LogP contribution in [0.15, 0.2) is 42.7 Å². The Labute approximate surface area is 238 Å². The maximum atomic E-state index is 13.8. The average Bonchev–Trinajstić information content (AvgIpc) is 3.19. The molecule has 2 aliphatic heterocycles. The first kappa shape index (κ1) is 28.0. The van der Waals surface area contributed by atoms with Crippen LogP contribution in [0.5, 0.6) is 0 Å². The summed E-state index contributed by atoms with van der Waals surface area (Å²) in [6.07, 6.45) is 3.52. The molecule has 0 spiro atoms. The number of carbonyl (C=O) groups is 2. The second-order valence-electron chi connectivity index (χ2n) is 11.9. The second-order valence-corrected chi connectivity index (χ2v) is 12.5. The average molecular weight is 561 g/mol. The maximum absolute atomic E-state index is 13.8. The molecule has 0 bridgehead atoms. The first-order valence-corrected chi connectivity index (χ1v) is 14.1. The van der Waals surface area contributed by atoms with Crippen molar-refractivity contribution in [3.63, 3.8) is 0 Å². The van der Waals surface area contributed by atoms with E-state index in [0.29, 0.717) is 25.3 Å². The maximum Gasteiger partial charge on any atom is 0.310 e. The topological polar surface area (TPSA) is 91.8 Å². The van der Waals surface area contributed by atoms with Gasteiger partial charge in [-0.3, -0.25) is 9.59 Å². The summed E-state index contributed by atoms with van der Waals surface area (Å²) < 4.78 is 4.74. The molecule has 0 saturated carbocycles. The van der Waals surface area contributed by atoms with Crippen molar-refractivity contribution in [2.45, 2.75) is 52.0 Å². The molecule has 4 heterocycles. The number of hydrogen-bond donors (Lipinski definition) is 0. The van der Waals surface area contributed by atoms with Crippen molar-refractivity contribution < 1.29 is 14.3 Å². The minimum absolute atomic E-state index is 0.113. The SMILES string of the molecule is COC(=O)Cc1ccc(N2CCN(C(=O)c3cnc4c(n3)C(C)(C)CN4c3ccc(C)c(P)c3)C(C)(C)C2)nc1. The smallest absolute Gasteiger partial charge is 0.310 e. The molecule has 1 saturated heterocycles. The van der Waals surface area contributed by atoms with Crippen molar-refractivity contribution in [2.24, 2.45) is 0 Å². The highest BCUT2D eigenvalue weighted by Crippen LogP contribution is 2.42. The van der Waals surface area contributed by atoms with Crippen LogP contribution in [0.3, 0.4) is 0 Å². The highest BCUT2D eigenvalue weighted by molar-refractivity contribution is 7.27. The first-order valence-electron chi connectivity index (χ1n) is 13.5. The van der Waals surface area contributed by atoms with E-state index in [4.69, 9.17) is 14.7 Å². The molecule has 0 N–H and O–H groups in total. The molecule has 3 aromatic rings. The van der Waals surface area contributed by atoms with Gasteiger partial charge in [-0.15, -0.1) is 9.24 Å². The molecule has 1 atom stereocenters.